The molecule has 0 saturated carbocycles. The molecule has 3 N–H and O–H groups in total. The topological polar surface area (TPSA) is 56.9 Å². The van der Waals surface area contributed by atoms with Gasteiger partial charge in [0, 0.05) is 30.1 Å². The molecule has 0 aliphatic rings. The van der Waals surface area contributed by atoms with E-state index in [-0.39, 0.29) is 5.43 Å². The predicted molar refractivity (Wildman–Crippen MR) is 62.1 cm³/mol. The van der Waals surface area contributed by atoms with E-state index in [1.54, 1.807) is 12.3 Å². The molecule has 1 aromatic heterocycles. The van der Waals surface area contributed by atoms with Gasteiger partial charge in [-0.1, -0.05) is 0 Å². The highest BCUT2D eigenvalue weighted by Gasteiger charge is 1.98. The van der Waals surface area contributed by atoms with Crippen molar-refractivity contribution in [3.05, 3.63) is 33.7 Å². The Morgan fingerprint density at radius 2 is 2.20 bits per heavy atom. The largest absolute Gasteiger partial charge is 0.365 e. The van der Waals surface area contributed by atoms with Crippen molar-refractivity contribution in [2.45, 2.75) is 19.9 Å². The summed E-state index contributed by atoms with van der Waals surface area (Å²) in [6.07, 6.45) is 2.85. The molecule has 0 saturated heterocycles. The van der Waals surface area contributed by atoms with Crippen LogP contribution in [0.1, 0.15) is 17.7 Å². The van der Waals surface area contributed by atoms with Crippen LogP contribution in [0.15, 0.2) is 17.1 Å². The van der Waals surface area contributed by atoms with Crippen molar-refractivity contribution in [3.63, 3.8) is 0 Å². The molecule has 84 valence electrons. The van der Waals surface area contributed by atoms with Crippen molar-refractivity contribution in [1.82, 2.24) is 15.6 Å². The number of hydrogen-bond acceptors (Lipinski definition) is 3. The van der Waals surface area contributed by atoms with Gasteiger partial charge in [0.15, 0.2) is 5.43 Å². The van der Waals surface area contributed by atoms with Gasteiger partial charge in [0.1, 0.15) is 0 Å². The van der Waals surface area contributed by atoms with Gasteiger partial charge in [0.2, 0.25) is 0 Å². The van der Waals surface area contributed by atoms with Crippen molar-refractivity contribution in [2.75, 3.05) is 20.1 Å². The summed E-state index contributed by atoms with van der Waals surface area (Å²) in [5.74, 6) is 0. The predicted octanol–water partition coefficient (Wildman–Crippen LogP) is 0.382. The molecule has 0 atom stereocenters. The Hall–Kier alpha value is -1.13. The lowest BCUT2D eigenvalue weighted by Gasteiger charge is -2.04. The molecule has 0 unspecified atom stereocenters. The third-order valence-corrected chi connectivity index (χ3v) is 2.23. The molecule has 0 aliphatic carbocycles. The highest BCUT2D eigenvalue weighted by atomic mass is 16.1. The second-order valence-corrected chi connectivity index (χ2v) is 3.64. The fourth-order valence-corrected chi connectivity index (χ4v) is 1.35. The van der Waals surface area contributed by atoms with Crippen LogP contribution in [0.2, 0.25) is 0 Å². The van der Waals surface area contributed by atoms with Gasteiger partial charge in [0.05, 0.1) is 0 Å². The highest BCUT2D eigenvalue weighted by molar-refractivity contribution is 5.13. The van der Waals surface area contributed by atoms with Crippen LogP contribution in [0.4, 0.5) is 0 Å². The molecule has 1 aromatic rings. The molecule has 0 aromatic carbocycles. The van der Waals surface area contributed by atoms with Crippen molar-refractivity contribution in [1.29, 1.82) is 0 Å². The van der Waals surface area contributed by atoms with E-state index in [1.165, 1.54) is 0 Å². The second kappa shape index (κ2) is 6.37. The first-order chi connectivity index (χ1) is 7.24. The minimum Gasteiger partial charge on any atom is -0.365 e. The quantitative estimate of drug-likeness (QED) is 0.594. The van der Waals surface area contributed by atoms with Crippen LogP contribution in [-0.2, 0) is 6.54 Å². The highest BCUT2D eigenvalue weighted by Crippen LogP contribution is 1.91. The van der Waals surface area contributed by atoms with Gasteiger partial charge >= 0.3 is 0 Å². The van der Waals surface area contributed by atoms with Crippen LogP contribution in [0.5, 0.6) is 0 Å². The molecule has 0 fully saturated rings. The first-order valence-corrected chi connectivity index (χ1v) is 5.27. The van der Waals surface area contributed by atoms with Crippen LogP contribution in [0, 0.1) is 6.92 Å². The Morgan fingerprint density at radius 3 is 2.87 bits per heavy atom. The fourth-order valence-electron chi connectivity index (χ4n) is 1.35. The minimum absolute atomic E-state index is 0.104. The summed E-state index contributed by atoms with van der Waals surface area (Å²) in [5, 5.41) is 6.31. The molecule has 0 bridgehead atoms. The van der Waals surface area contributed by atoms with E-state index in [4.69, 9.17) is 0 Å². The second-order valence-electron chi connectivity index (χ2n) is 3.64. The summed E-state index contributed by atoms with van der Waals surface area (Å²) in [4.78, 5) is 14.5. The molecule has 0 radical (unpaired) electrons. The van der Waals surface area contributed by atoms with Gasteiger partial charge in [-0.3, -0.25) is 4.79 Å². The molecule has 0 aliphatic heterocycles. The van der Waals surface area contributed by atoms with E-state index >= 15 is 0 Å². The van der Waals surface area contributed by atoms with E-state index in [0.29, 0.717) is 6.54 Å². The molecule has 15 heavy (non-hydrogen) atoms. The number of aromatic amines is 1. The number of aryl methyl sites for hydroxylation is 1. The van der Waals surface area contributed by atoms with Gasteiger partial charge < -0.3 is 15.6 Å². The maximum absolute atomic E-state index is 11.5. The van der Waals surface area contributed by atoms with Gasteiger partial charge in [-0.2, -0.15) is 0 Å². The molecule has 0 spiro atoms. The van der Waals surface area contributed by atoms with Gasteiger partial charge in [0.25, 0.3) is 0 Å². The third-order valence-electron chi connectivity index (χ3n) is 2.23. The summed E-state index contributed by atoms with van der Waals surface area (Å²) in [6, 6.07) is 1.63. The van der Waals surface area contributed by atoms with Gasteiger partial charge in [-0.05, 0) is 33.5 Å². The molecular weight excluding hydrogens is 190 g/mol. The van der Waals surface area contributed by atoms with E-state index in [9.17, 15) is 4.79 Å². The lowest BCUT2D eigenvalue weighted by atomic mass is 10.2. The van der Waals surface area contributed by atoms with Crippen LogP contribution in [0.25, 0.3) is 0 Å². The van der Waals surface area contributed by atoms with Gasteiger partial charge in [-0.25, -0.2) is 0 Å². The fraction of sp³-hybridized carbons (Fsp3) is 0.545. The van der Waals surface area contributed by atoms with Crippen LogP contribution >= 0.6 is 0 Å². The summed E-state index contributed by atoms with van der Waals surface area (Å²) >= 11 is 0. The number of rotatable bonds is 6. The molecule has 1 heterocycles. The molecular formula is C11H19N3O. The molecule has 1 rings (SSSR count). The average molecular weight is 209 g/mol. The molecule has 4 nitrogen and oxygen atoms in total. The molecule has 4 heteroatoms. The first-order valence-electron chi connectivity index (χ1n) is 5.27. The lowest BCUT2D eigenvalue weighted by molar-refractivity contribution is 0.623. The van der Waals surface area contributed by atoms with E-state index in [0.717, 1.165) is 30.8 Å². The average Bonchev–Trinajstić information content (AvgIpc) is 2.20. The van der Waals surface area contributed by atoms with E-state index < -0.39 is 0 Å². The lowest BCUT2D eigenvalue weighted by Crippen LogP contribution is -2.22. The number of pyridine rings is 1. The number of H-pyrrole nitrogens is 1. The van der Waals surface area contributed by atoms with Crippen LogP contribution in [-0.4, -0.2) is 25.1 Å². The maximum atomic E-state index is 11.5. The van der Waals surface area contributed by atoms with Crippen molar-refractivity contribution < 1.29 is 0 Å². The summed E-state index contributed by atoms with van der Waals surface area (Å²) in [5.41, 5.74) is 1.80. The number of hydrogen-bond donors (Lipinski definition) is 3. The van der Waals surface area contributed by atoms with E-state index in [1.807, 2.05) is 14.0 Å². The standard InChI is InChI=1S/C11H19N3O/c1-9-6-11(15)10(8-14-9)7-13-5-3-4-12-2/h6,8,12-13H,3-5,7H2,1-2H3,(H,14,15). The maximum Gasteiger partial charge on any atom is 0.186 e. The van der Waals surface area contributed by atoms with Gasteiger partial charge in [-0.15, -0.1) is 0 Å². The Kier molecular flexibility index (Phi) is 5.07. The zero-order valence-electron chi connectivity index (χ0n) is 9.39. The monoisotopic (exact) mass is 209 g/mol. The summed E-state index contributed by atoms with van der Waals surface area (Å²) in [6.45, 7) is 4.44. The van der Waals surface area contributed by atoms with Crippen molar-refractivity contribution in [3.8, 4) is 0 Å². The molecule has 0 amide bonds. The number of aromatic nitrogens is 1. The zero-order chi connectivity index (χ0) is 11.1. The smallest absolute Gasteiger partial charge is 0.186 e. The Balaban J connectivity index is 2.34. The third kappa shape index (κ3) is 4.27. The summed E-state index contributed by atoms with van der Waals surface area (Å²) in [7, 11) is 1.94. The SMILES string of the molecule is CNCCCNCc1c[nH]c(C)cc1=O. The Bertz CT molecular complexity index is 346. The minimum atomic E-state index is 0.104. The van der Waals surface area contributed by atoms with Crippen LogP contribution in [0.3, 0.4) is 0 Å². The summed E-state index contributed by atoms with van der Waals surface area (Å²) < 4.78 is 0. The Morgan fingerprint density at radius 1 is 1.40 bits per heavy atom. The first kappa shape index (κ1) is 11.9. The Labute approximate surface area is 90.1 Å². The normalized spacial score (nSPS) is 10.5. The zero-order valence-corrected chi connectivity index (χ0v) is 9.39. The van der Waals surface area contributed by atoms with Crippen molar-refractivity contribution >= 4 is 0 Å². The van der Waals surface area contributed by atoms with Crippen molar-refractivity contribution in [2.24, 2.45) is 0 Å². The van der Waals surface area contributed by atoms with E-state index in [2.05, 4.69) is 15.6 Å². The van der Waals surface area contributed by atoms with Crippen LogP contribution < -0.4 is 16.1 Å². The number of nitrogens with one attached hydrogen (secondary N) is 3.